The summed E-state index contributed by atoms with van der Waals surface area (Å²) in [4.78, 5) is 21.0. The zero-order valence-corrected chi connectivity index (χ0v) is 11.8. The van der Waals surface area contributed by atoms with Crippen LogP contribution >= 0.6 is 23.1 Å². The van der Waals surface area contributed by atoms with E-state index < -0.39 is 0 Å². The maximum atomic E-state index is 11.7. The minimum atomic E-state index is -0.0538. The number of hydrogen-bond acceptors (Lipinski definition) is 5. The van der Waals surface area contributed by atoms with Crippen molar-refractivity contribution in [2.45, 2.75) is 19.0 Å². The van der Waals surface area contributed by atoms with Crippen molar-refractivity contribution in [1.29, 1.82) is 0 Å². The van der Waals surface area contributed by atoms with E-state index >= 15 is 0 Å². The molecule has 0 fully saturated rings. The SMILES string of the molecule is Cc1cc(C)nc(SCNC(=O)c2cccs2)n1. The van der Waals surface area contributed by atoms with E-state index in [2.05, 4.69) is 15.3 Å². The largest absolute Gasteiger partial charge is 0.342 e. The molecule has 94 valence electrons. The van der Waals surface area contributed by atoms with Gasteiger partial charge in [0.05, 0.1) is 10.8 Å². The van der Waals surface area contributed by atoms with Crippen LogP contribution in [0.2, 0.25) is 0 Å². The van der Waals surface area contributed by atoms with Gasteiger partial charge in [0.15, 0.2) is 5.16 Å². The van der Waals surface area contributed by atoms with Crippen LogP contribution in [0.4, 0.5) is 0 Å². The summed E-state index contributed by atoms with van der Waals surface area (Å²) in [6, 6.07) is 5.59. The average Bonchev–Trinajstić information content (AvgIpc) is 2.80. The van der Waals surface area contributed by atoms with E-state index in [1.807, 2.05) is 31.4 Å². The number of aromatic nitrogens is 2. The Balaban J connectivity index is 1.87. The summed E-state index contributed by atoms with van der Waals surface area (Å²) in [6.45, 7) is 3.87. The maximum Gasteiger partial charge on any atom is 0.262 e. The molecule has 2 aromatic heterocycles. The molecule has 1 amide bonds. The lowest BCUT2D eigenvalue weighted by atomic mass is 10.4. The molecule has 0 saturated carbocycles. The van der Waals surface area contributed by atoms with Crippen LogP contribution in [0.5, 0.6) is 0 Å². The zero-order chi connectivity index (χ0) is 13.0. The molecule has 0 bridgehead atoms. The van der Waals surface area contributed by atoms with Gasteiger partial charge in [-0.25, -0.2) is 9.97 Å². The highest BCUT2D eigenvalue weighted by atomic mass is 32.2. The topological polar surface area (TPSA) is 54.9 Å². The van der Waals surface area contributed by atoms with Gasteiger partial charge in [-0.05, 0) is 31.4 Å². The number of thioether (sulfide) groups is 1. The van der Waals surface area contributed by atoms with Gasteiger partial charge in [-0.2, -0.15) is 0 Å². The number of nitrogens with one attached hydrogen (secondary N) is 1. The van der Waals surface area contributed by atoms with Gasteiger partial charge in [0.25, 0.3) is 5.91 Å². The second kappa shape index (κ2) is 5.97. The van der Waals surface area contributed by atoms with Crippen LogP contribution in [0.25, 0.3) is 0 Å². The van der Waals surface area contributed by atoms with Gasteiger partial charge >= 0.3 is 0 Å². The van der Waals surface area contributed by atoms with Crippen LogP contribution in [0.15, 0.2) is 28.7 Å². The molecular formula is C12H13N3OS2. The van der Waals surface area contributed by atoms with E-state index in [0.29, 0.717) is 11.0 Å². The molecule has 4 nitrogen and oxygen atoms in total. The van der Waals surface area contributed by atoms with Crippen molar-refractivity contribution in [3.63, 3.8) is 0 Å². The third kappa shape index (κ3) is 3.54. The second-order valence-electron chi connectivity index (χ2n) is 3.71. The lowest BCUT2D eigenvalue weighted by Gasteiger charge is -2.04. The number of amides is 1. The molecule has 0 radical (unpaired) electrons. The maximum absolute atomic E-state index is 11.7. The van der Waals surface area contributed by atoms with Crippen molar-refractivity contribution in [1.82, 2.24) is 15.3 Å². The van der Waals surface area contributed by atoms with E-state index in [4.69, 9.17) is 0 Å². The molecule has 2 aromatic rings. The highest BCUT2D eigenvalue weighted by molar-refractivity contribution is 7.99. The first-order chi connectivity index (χ1) is 8.65. The average molecular weight is 279 g/mol. The van der Waals surface area contributed by atoms with Gasteiger partial charge in [-0.15, -0.1) is 11.3 Å². The first kappa shape index (κ1) is 13.0. The summed E-state index contributed by atoms with van der Waals surface area (Å²) in [5.41, 5.74) is 1.88. The zero-order valence-electron chi connectivity index (χ0n) is 10.1. The molecule has 0 spiro atoms. The third-order valence-corrected chi connectivity index (χ3v) is 3.74. The standard InChI is InChI=1S/C12H13N3OS2/c1-8-6-9(2)15-12(14-8)18-7-13-11(16)10-4-3-5-17-10/h3-6H,7H2,1-2H3,(H,13,16). The van der Waals surface area contributed by atoms with Crippen LogP contribution < -0.4 is 5.32 Å². The number of rotatable bonds is 4. The summed E-state index contributed by atoms with van der Waals surface area (Å²) in [6.07, 6.45) is 0. The Morgan fingerprint density at radius 2 is 2.11 bits per heavy atom. The number of carbonyl (C=O) groups excluding carboxylic acids is 1. The van der Waals surface area contributed by atoms with Crippen LogP contribution in [-0.2, 0) is 0 Å². The fraction of sp³-hybridized carbons (Fsp3) is 0.250. The van der Waals surface area contributed by atoms with Crippen molar-refractivity contribution in [2.24, 2.45) is 0 Å². The minimum absolute atomic E-state index is 0.0538. The second-order valence-corrected chi connectivity index (χ2v) is 5.60. The van der Waals surface area contributed by atoms with E-state index in [1.54, 1.807) is 6.07 Å². The Morgan fingerprint density at radius 1 is 1.39 bits per heavy atom. The molecular weight excluding hydrogens is 266 g/mol. The van der Waals surface area contributed by atoms with Gasteiger partial charge < -0.3 is 5.32 Å². The summed E-state index contributed by atoms with van der Waals surface area (Å²) in [7, 11) is 0. The molecule has 0 unspecified atom stereocenters. The van der Waals surface area contributed by atoms with Crippen molar-refractivity contribution in [3.05, 3.63) is 39.8 Å². The molecule has 0 aliphatic heterocycles. The van der Waals surface area contributed by atoms with E-state index in [1.165, 1.54) is 23.1 Å². The van der Waals surface area contributed by atoms with Gasteiger partial charge in [-0.3, -0.25) is 4.79 Å². The highest BCUT2D eigenvalue weighted by Crippen LogP contribution is 2.13. The van der Waals surface area contributed by atoms with Crippen molar-refractivity contribution in [2.75, 3.05) is 5.88 Å². The molecule has 0 saturated heterocycles. The van der Waals surface area contributed by atoms with Crippen LogP contribution in [-0.4, -0.2) is 21.8 Å². The molecule has 0 atom stereocenters. The lowest BCUT2D eigenvalue weighted by molar-refractivity contribution is 0.0965. The Hall–Kier alpha value is -1.40. The van der Waals surface area contributed by atoms with Crippen molar-refractivity contribution < 1.29 is 4.79 Å². The molecule has 2 rings (SSSR count). The van der Waals surface area contributed by atoms with Crippen LogP contribution in [0.1, 0.15) is 21.1 Å². The predicted octanol–water partition coefficient (Wildman–Crippen LogP) is 2.63. The molecule has 0 aliphatic rings. The van der Waals surface area contributed by atoms with Crippen LogP contribution in [0, 0.1) is 13.8 Å². The molecule has 0 aliphatic carbocycles. The van der Waals surface area contributed by atoms with Crippen molar-refractivity contribution >= 4 is 29.0 Å². The normalized spacial score (nSPS) is 10.3. The van der Waals surface area contributed by atoms with Gasteiger partial charge in [0.1, 0.15) is 0 Å². The van der Waals surface area contributed by atoms with Gasteiger partial charge in [0, 0.05) is 11.4 Å². The van der Waals surface area contributed by atoms with Crippen molar-refractivity contribution in [3.8, 4) is 0 Å². The number of aryl methyl sites for hydroxylation is 2. The van der Waals surface area contributed by atoms with Gasteiger partial charge in [-0.1, -0.05) is 17.8 Å². The van der Waals surface area contributed by atoms with Gasteiger partial charge in [0.2, 0.25) is 0 Å². The fourth-order valence-electron chi connectivity index (χ4n) is 1.42. The van der Waals surface area contributed by atoms with E-state index in [9.17, 15) is 4.79 Å². The third-order valence-electron chi connectivity index (χ3n) is 2.14. The molecule has 0 aromatic carbocycles. The summed E-state index contributed by atoms with van der Waals surface area (Å²) in [5, 5.41) is 5.40. The number of hydrogen-bond donors (Lipinski definition) is 1. The Morgan fingerprint density at radius 3 is 2.72 bits per heavy atom. The number of nitrogens with zero attached hydrogens (tertiary/aromatic N) is 2. The molecule has 18 heavy (non-hydrogen) atoms. The Kier molecular flexibility index (Phi) is 4.33. The lowest BCUT2D eigenvalue weighted by Crippen LogP contribution is -2.21. The molecule has 1 N–H and O–H groups in total. The fourth-order valence-corrected chi connectivity index (χ4v) is 2.81. The van der Waals surface area contributed by atoms with Crippen LogP contribution in [0.3, 0.4) is 0 Å². The number of carbonyl (C=O) groups is 1. The van der Waals surface area contributed by atoms with E-state index in [0.717, 1.165) is 16.3 Å². The van der Waals surface area contributed by atoms with E-state index in [-0.39, 0.29) is 5.91 Å². The number of thiophene rings is 1. The highest BCUT2D eigenvalue weighted by Gasteiger charge is 2.06. The summed E-state index contributed by atoms with van der Waals surface area (Å²) >= 11 is 2.85. The first-order valence-electron chi connectivity index (χ1n) is 5.42. The first-order valence-corrected chi connectivity index (χ1v) is 7.28. The molecule has 2 heterocycles. The monoisotopic (exact) mass is 279 g/mol. The predicted molar refractivity (Wildman–Crippen MR) is 74.0 cm³/mol. The Labute approximate surface area is 114 Å². The molecule has 6 heteroatoms. The smallest absolute Gasteiger partial charge is 0.262 e. The quantitative estimate of drug-likeness (QED) is 0.531. The summed E-state index contributed by atoms with van der Waals surface area (Å²) < 4.78 is 0. The minimum Gasteiger partial charge on any atom is -0.342 e. The Bertz CT molecular complexity index is 520. The summed E-state index contributed by atoms with van der Waals surface area (Å²) in [5.74, 6) is 0.418.